The molecule has 4 atom stereocenters. The van der Waals surface area contributed by atoms with Gasteiger partial charge >= 0.3 is 18.0 Å². The van der Waals surface area contributed by atoms with Crippen LogP contribution >= 0.6 is 0 Å². The molecule has 0 aliphatic heterocycles. The highest BCUT2D eigenvalue weighted by Gasteiger charge is 2.73. The summed E-state index contributed by atoms with van der Waals surface area (Å²) in [6.45, 7) is 4.56. The number of fused-ring (bicyclic) bond motifs is 3. The third-order valence-corrected chi connectivity index (χ3v) is 6.90. The SMILES string of the molecule is CC(NC(=O)C(C)(C)O)[C@@H]1CCC2c3ccc(C(F)(C(F)(F)F)C(F)(F)F)cc3CCC21. The molecule has 180 valence electrons. The second kappa shape index (κ2) is 7.88. The summed E-state index contributed by atoms with van der Waals surface area (Å²) in [6.07, 6.45) is -10.2. The molecule has 2 N–H and O–H groups in total. The Kier molecular flexibility index (Phi) is 6.11. The van der Waals surface area contributed by atoms with Crippen LogP contribution in [0.15, 0.2) is 18.2 Å². The molecular formula is C22H26F7NO2. The van der Waals surface area contributed by atoms with Crippen molar-refractivity contribution in [1.29, 1.82) is 0 Å². The Morgan fingerprint density at radius 3 is 2.16 bits per heavy atom. The first-order valence-electron chi connectivity index (χ1n) is 10.5. The molecule has 0 aromatic heterocycles. The van der Waals surface area contributed by atoms with Crippen LogP contribution in [0.25, 0.3) is 0 Å². The Hall–Kier alpha value is -1.84. The average Bonchev–Trinajstić information content (AvgIpc) is 3.08. The maximum atomic E-state index is 14.5. The predicted octanol–water partition coefficient (Wildman–Crippen LogP) is 5.31. The van der Waals surface area contributed by atoms with Crippen molar-refractivity contribution in [3.8, 4) is 0 Å². The molecule has 1 saturated carbocycles. The Balaban J connectivity index is 1.87. The first kappa shape index (κ1) is 24.8. The van der Waals surface area contributed by atoms with Crippen LogP contribution in [0.1, 0.15) is 62.6 Å². The van der Waals surface area contributed by atoms with E-state index in [-0.39, 0.29) is 30.2 Å². The number of amides is 1. The number of benzene rings is 1. The summed E-state index contributed by atoms with van der Waals surface area (Å²) in [4.78, 5) is 12.1. The molecule has 0 radical (unpaired) electrons. The van der Waals surface area contributed by atoms with Crippen molar-refractivity contribution in [3.63, 3.8) is 0 Å². The van der Waals surface area contributed by atoms with E-state index in [1.807, 2.05) is 6.92 Å². The van der Waals surface area contributed by atoms with E-state index < -0.39 is 35.1 Å². The molecular weight excluding hydrogens is 443 g/mol. The van der Waals surface area contributed by atoms with E-state index in [0.717, 1.165) is 0 Å². The van der Waals surface area contributed by atoms with Crippen LogP contribution in [-0.4, -0.2) is 35.0 Å². The zero-order chi connectivity index (χ0) is 24.3. The lowest BCUT2D eigenvalue weighted by Crippen LogP contribution is -2.50. The van der Waals surface area contributed by atoms with Crippen molar-refractivity contribution < 1.29 is 40.6 Å². The zero-order valence-corrected chi connectivity index (χ0v) is 17.9. The fourth-order valence-electron chi connectivity index (χ4n) is 5.22. The second-order valence-corrected chi connectivity index (χ2v) is 9.44. The third-order valence-electron chi connectivity index (χ3n) is 6.90. The molecule has 0 bridgehead atoms. The van der Waals surface area contributed by atoms with Gasteiger partial charge in [-0.25, -0.2) is 4.39 Å². The number of aliphatic hydroxyl groups is 1. The molecule has 1 amide bonds. The van der Waals surface area contributed by atoms with Gasteiger partial charge in [-0.1, -0.05) is 18.2 Å². The van der Waals surface area contributed by atoms with Crippen LogP contribution in [0.4, 0.5) is 30.7 Å². The van der Waals surface area contributed by atoms with Gasteiger partial charge in [0.2, 0.25) is 0 Å². The van der Waals surface area contributed by atoms with Gasteiger partial charge in [0.25, 0.3) is 5.91 Å². The van der Waals surface area contributed by atoms with Crippen molar-refractivity contribution in [2.75, 3.05) is 0 Å². The monoisotopic (exact) mass is 469 g/mol. The van der Waals surface area contributed by atoms with Crippen LogP contribution in [0.3, 0.4) is 0 Å². The lowest BCUT2D eigenvalue weighted by Gasteiger charge is -2.36. The predicted molar refractivity (Wildman–Crippen MR) is 103 cm³/mol. The van der Waals surface area contributed by atoms with Gasteiger partial charge in [-0.15, -0.1) is 0 Å². The van der Waals surface area contributed by atoms with Gasteiger partial charge in [-0.2, -0.15) is 26.3 Å². The Morgan fingerprint density at radius 1 is 1.03 bits per heavy atom. The van der Waals surface area contributed by atoms with Gasteiger partial charge in [0.1, 0.15) is 5.60 Å². The summed E-state index contributed by atoms with van der Waals surface area (Å²) in [5, 5.41) is 12.6. The van der Waals surface area contributed by atoms with Crippen molar-refractivity contribution in [2.24, 2.45) is 11.8 Å². The van der Waals surface area contributed by atoms with Crippen LogP contribution in [0.5, 0.6) is 0 Å². The smallest absolute Gasteiger partial charge is 0.381 e. The molecule has 2 aliphatic carbocycles. The van der Waals surface area contributed by atoms with E-state index in [4.69, 9.17) is 0 Å². The van der Waals surface area contributed by atoms with Crippen LogP contribution in [-0.2, 0) is 16.9 Å². The molecule has 1 aromatic rings. The maximum absolute atomic E-state index is 14.5. The maximum Gasteiger partial charge on any atom is 0.435 e. The van der Waals surface area contributed by atoms with Crippen molar-refractivity contribution in [3.05, 3.63) is 34.9 Å². The van der Waals surface area contributed by atoms with Gasteiger partial charge < -0.3 is 10.4 Å². The molecule has 10 heteroatoms. The minimum Gasteiger partial charge on any atom is -0.381 e. The number of rotatable bonds is 4. The molecule has 2 aliphatic rings. The van der Waals surface area contributed by atoms with Crippen LogP contribution in [0.2, 0.25) is 0 Å². The fourth-order valence-corrected chi connectivity index (χ4v) is 5.22. The van der Waals surface area contributed by atoms with Gasteiger partial charge in [0, 0.05) is 11.6 Å². The fraction of sp³-hybridized carbons (Fsp3) is 0.682. The van der Waals surface area contributed by atoms with Crippen LogP contribution in [0, 0.1) is 11.8 Å². The van der Waals surface area contributed by atoms with Crippen molar-refractivity contribution in [2.45, 2.75) is 82.0 Å². The lowest BCUT2D eigenvalue weighted by molar-refractivity contribution is -0.348. The van der Waals surface area contributed by atoms with Gasteiger partial charge in [-0.3, -0.25) is 4.79 Å². The normalized spacial score (nSPS) is 25.2. The Labute approximate surface area is 181 Å². The molecule has 0 heterocycles. The molecule has 0 spiro atoms. The molecule has 3 nitrogen and oxygen atoms in total. The van der Waals surface area contributed by atoms with E-state index in [2.05, 4.69) is 5.32 Å². The topological polar surface area (TPSA) is 49.3 Å². The molecule has 3 rings (SSSR count). The summed E-state index contributed by atoms with van der Waals surface area (Å²) in [7, 11) is 0. The molecule has 32 heavy (non-hydrogen) atoms. The summed E-state index contributed by atoms with van der Waals surface area (Å²) in [6, 6.07) is 2.23. The van der Waals surface area contributed by atoms with E-state index in [9.17, 15) is 40.6 Å². The van der Waals surface area contributed by atoms with Crippen molar-refractivity contribution in [1.82, 2.24) is 5.32 Å². The number of carbonyl (C=O) groups excluding carboxylic acids is 1. The average molecular weight is 469 g/mol. The highest BCUT2D eigenvalue weighted by Crippen LogP contribution is 2.55. The molecule has 1 aromatic carbocycles. The molecule has 0 saturated heterocycles. The Bertz CT molecular complexity index is 859. The zero-order valence-electron chi connectivity index (χ0n) is 17.9. The van der Waals surface area contributed by atoms with E-state index >= 15 is 0 Å². The summed E-state index contributed by atoms with van der Waals surface area (Å²) in [5.74, 6) is -0.492. The number of aryl methyl sites for hydroxylation is 1. The molecule has 3 unspecified atom stereocenters. The number of halogens is 7. The highest BCUT2D eigenvalue weighted by atomic mass is 19.4. The minimum atomic E-state index is -6.14. The number of hydrogen-bond donors (Lipinski definition) is 2. The van der Waals surface area contributed by atoms with Gasteiger partial charge in [-0.05, 0) is 75.3 Å². The minimum absolute atomic E-state index is 0.0461. The summed E-state index contributed by atoms with van der Waals surface area (Å²) < 4.78 is 93.1. The lowest BCUT2D eigenvalue weighted by atomic mass is 9.72. The molecule has 1 fully saturated rings. The first-order chi connectivity index (χ1) is 14.5. The van der Waals surface area contributed by atoms with Crippen molar-refractivity contribution >= 4 is 5.91 Å². The highest BCUT2D eigenvalue weighted by molar-refractivity contribution is 5.84. The van der Waals surface area contributed by atoms with Gasteiger partial charge in [0.15, 0.2) is 0 Å². The van der Waals surface area contributed by atoms with E-state index in [1.165, 1.54) is 19.9 Å². The number of hydrogen-bond acceptors (Lipinski definition) is 2. The number of carbonyl (C=O) groups is 1. The quantitative estimate of drug-likeness (QED) is 0.588. The van der Waals surface area contributed by atoms with E-state index in [0.29, 0.717) is 42.5 Å². The number of nitrogens with one attached hydrogen (secondary N) is 1. The van der Waals surface area contributed by atoms with Crippen LogP contribution < -0.4 is 5.32 Å². The standard InChI is InChI=1S/C22H26F7NO2/c1-11(30-18(31)19(2,3)32)14-8-9-17-15-7-5-13(10-12(15)4-6-16(14)17)20(23,21(24,25)26)22(27,28)29/h5,7,10-11,14,16-17,32H,4,6,8-9H2,1-3H3,(H,30,31)/t11?,14-,16?,17?/m0/s1. The van der Waals surface area contributed by atoms with Gasteiger partial charge in [0.05, 0.1) is 0 Å². The third kappa shape index (κ3) is 4.10. The first-order valence-corrected chi connectivity index (χ1v) is 10.5. The second-order valence-electron chi connectivity index (χ2n) is 9.44. The van der Waals surface area contributed by atoms with E-state index in [1.54, 1.807) is 0 Å². The Morgan fingerprint density at radius 2 is 1.62 bits per heavy atom. The number of alkyl halides is 7. The summed E-state index contributed by atoms with van der Waals surface area (Å²) in [5.41, 5.74) is -7.49. The summed E-state index contributed by atoms with van der Waals surface area (Å²) >= 11 is 0. The largest absolute Gasteiger partial charge is 0.435 e.